The number of nitrogens with zero attached hydrogens (tertiary/aromatic N) is 1. The predicted octanol–water partition coefficient (Wildman–Crippen LogP) is 4.70. The summed E-state index contributed by atoms with van der Waals surface area (Å²) < 4.78 is 32.4. The van der Waals surface area contributed by atoms with E-state index in [4.69, 9.17) is 19.9 Å². The average molecular weight is 942 g/mol. The number of ether oxygens (including phenoxy) is 3. The van der Waals surface area contributed by atoms with Crippen LogP contribution in [0.3, 0.4) is 0 Å². The first kappa shape index (κ1) is 55.2. The lowest BCUT2D eigenvalue weighted by molar-refractivity contribution is -0.148. The Balaban J connectivity index is 2.00. The molecule has 5 amide bonds. The van der Waals surface area contributed by atoms with Crippen LogP contribution in [0.15, 0.2) is 60.7 Å². The fourth-order valence-corrected chi connectivity index (χ4v) is 10.3. The number of likely N-dealkylation sites (N-methyl/N-ethyl adjacent to an activating group) is 1. The summed E-state index contributed by atoms with van der Waals surface area (Å²) in [6.07, 6.45) is -0.317. The normalized spacial score (nSPS) is 18.0. The van der Waals surface area contributed by atoms with E-state index in [1.807, 2.05) is 30.3 Å². The number of carbonyl (C=O) groups is 7. The molecule has 18 nitrogen and oxygen atoms in total. The van der Waals surface area contributed by atoms with Crippen LogP contribution in [0.25, 0.3) is 0 Å². The molecular formula is C47H70N6O12P+. The molecule has 2 unspecified atom stereocenters. The Morgan fingerprint density at radius 3 is 1.86 bits per heavy atom. The minimum atomic E-state index is -3.02. The Morgan fingerprint density at radius 2 is 1.39 bits per heavy atom. The largest absolute Gasteiger partial charge is 0.480 e. The smallest absolute Gasteiger partial charge is 0.417 e. The number of Topliss-reactive ketones (excluding diaryl/α,β-unsaturated/α-hetero) is 1. The SMILES string of the molecule is CN[C@@](C(=O)N[C@H](C(=O)O)C(C)C)(C(=O)C1([P+](=O)C(C)(NC(=O)[C@H](C)N(C(=O)OC(C)(C)C)C(=O)[C@H](C)NC(=O)[C@@](N)(COCc2ccccc2)c2ccccc2)OC)CCCC1)C(C)C. The summed E-state index contributed by atoms with van der Waals surface area (Å²) in [7, 11) is -0.468. The molecule has 66 heavy (non-hydrogen) atoms. The van der Waals surface area contributed by atoms with E-state index >= 15 is 9.36 Å². The number of methoxy groups -OCH3 is 1. The molecular weight excluding hydrogens is 872 g/mol. The molecule has 364 valence electrons. The maximum atomic E-state index is 15.2. The number of nitrogens with two attached hydrogens (primary N) is 1. The molecule has 0 heterocycles. The third-order valence-electron chi connectivity index (χ3n) is 12.0. The second kappa shape index (κ2) is 22.6. The first-order valence-corrected chi connectivity index (χ1v) is 23.4. The van der Waals surface area contributed by atoms with Crippen LogP contribution >= 0.6 is 7.80 Å². The Hall–Kier alpha value is -5.13. The van der Waals surface area contributed by atoms with E-state index in [0.717, 1.165) is 12.7 Å². The van der Waals surface area contributed by atoms with E-state index < -0.39 is 107 Å². The molecule has 7 atom stereocenters. The van der Waals surface area contributed by atoms with Crippen LogP contribution in [-0.2, 0) is 59.7 Å². The van der Waals surface area contributed by atoms with Crippen molar-refractivity contribution in [2.24, 2.45) is 17.6 Å². The minimum Gasteiger partial charge on any atom is -0.480 e. The molecule has 2 aromatic carbocycles. The number of hydrogen-bond acceptors (Lipinski definition) is 13. The minimum absolute atomic E-state index is 0.0318. The highest BCUT2D eigenvalue weighted by atomic mass is 31.1. The Labute approximate surface area is 389 Å². The maximum absolute atomic E-state index is 15.2. The topological polar surface area (TPSA) is 262 Å². The van der Waals surface area contributed by atoms with Crippen molar-refractivity contribution in [1.29, 1.82) is 0 Å². The second-order valence-corrected chi connectivity index (χ2v) is 21.0. The fourth-order valence-electron chi connectivity index (χ4n) is 8.07. The van der Waals surface area contributed by atoms with Crippen molar-refractivity contribution < 1.29 is 57.4 Å². The maximum Gasteiger partial charge on any atom is 0.417 e. The molecule has 0 bridgehead atoms. The van der Waals surface area contributed by atoms with Crippen molar-refractivity contribution in [1.82, 2.24) is 26.2 Å². The summed E-state index contributed by atoms with van der Waals surface area (Å²) in [6, 6.07) is 13.1. The number of nitrogens with one attached hydrogen (secondary N) is 4. The van der Waals surface area contributed by atoms with Gasteiger partial charge in [0.1, 0.15) is 29.3 Å². The van der Waals surface area contributed by atoms with Gasteiger partial charge in [-0.25, -0.2) is 14.5 Å². The molecule has 1 fully saturated rings. The fraction of sp³-hybridized carbons (Fsp3) is 0.596. The number of carboxylic acids is 1. The summed E-state index contributed by atoms with van der Waals surface area (Å²) in [5, 5.41) is 18.7. The molecule has 2 aromatic rings. The molecule has 0 saturated heterocycles. The zero-order valence-corrected chi connectivity index (χ0v) is 41.2. The van der Waals surface area contributed by atoms with Gasteiger partial charge in [-0.2, -0.15) is 0 Å². The monoisotopic (exact) mass is 941 g/mol. The molecule has 3 rings (SSSR count). The molecule has 0 aromatic heterocycles. The lowest BCUT2D eigenvalue weighted by atomic mass is 9.75. The highest BCUT2D eigenvalue weighted by Gasteiger charge is 2.71. The van der Waals surface area contributed by atoms with Crippen LogP contribution < -0.4 is 27.0 Å². The molecule has 0 spiro atoms. The number of amides is 5. The van der Waals surface area contributed by atoms with Gasteiger partial charge in [0.2, 0.25) is 28.7 Å². The first-order chi connectivity index (χ1) is 30.7. The number of benzene rings is 2. The zero-order valence-electron chi connectivity index (χ0n) is 40.3. The van der Waals surface area contributed by atoms with Gasteiger partial charge >= 0.3 is 25.3 Å². The van der Waals surface area contributed by atoms with Gasteiger partial charge in [-0.15, -0.1) is 0 Å². The Kier molecular flexibility index (Phi) is 18.9. The zero-order chi connectivity index (χ0) is 50.0. The second-order valence-electron chi connectivity index (χ2n) is 18.7. The molecule has 0 radical (unpaired) electrons. The number of imide groups is 1. The number of hydrogen-bond donors (Lipinski definition) is 6. The van der Waals surface area contributed by atoms with Crippen LogP contribution in [0, 0.1) is 11.8 Å². The number of ketones is 1. The number of carboxylic acid groups (broad SMARTS) is 1. The van der Waals surface area contributed by atoms with Crippen molar-refractivity contribution in [3.05, 3.63) is 71.8 Å². The van der Waals surface area contributed by atoms with E-state index in [9.17, 15) is 33.9 Å². The van der Waals surface area contributed by atoms with Gasteiger partial charge in [0.15, 0.2) is 5.54 Å². The Bertz CT molecular complexity index is 2080. The lowest BCUT2D eigenvalue weighted by Gasteiger charge is -2.39. The first-order valence-electron chi connectivity index (χ1n) is 22.1. The number of carbonyl (C=O) groups excluding carboxylic acids is 6. The van der Waals surface area contributed by atoms with Crippen molar-refractivity contribution in [2.75, 3.05) is 20.8 Å². The van der Waals surface area contributed by atoms with Crippen molar-refractivity contribution in [3.8, 4) is 0 Å². The van der Waals surface area contributed by atoms with Gasteiger partial charge in [0.05, 0.1) is 13.2 Å². The summed E-state index contributed by atoms with van der Waals surface area (Å²) in [4.78, 5) is 98.8. The summed E-state index contributed by atoms with van der Waals surface area (Å²) >= 11 is 0. The van der Waals surface area contributed by atoms with Gasteiger partial charge in [-0.05, 0) is 77.5 Å². The number of aliphatic carboxylic acids is 1. The molecule has 0 aliphatic heterocycles. The highest BCUT2D eigenvalue weighted by molar-refractivity contribution is 7.49. The van der Waals surface area contributed by atoms with Gasteiger partial charge < -0.3 is 35.7 Å². The van der Waals surface area contributed by atoms with E-state index in [1.165, 1.54) is 27.8 Å². The number of rotatable bonds is 22. The van der Waals surface area contributed by atoms with Crippen LogP contribution in [0.4, 0.5) is 4.79 Å². The van der Waals surface area contributed by atoms with E-state index in [0.29, 0.717) is 23.3 Å². The van der Waals surface area contributed by atoms with Crippen molar-refractivity contribution >= 4 is 49.3 Å². The Morgan fingerprint density at radius 1 is 0.848 bits per heavy atom. The van der Waals surface area contributed by atoms with Gasteiger partial charge in [0.25, 0.3) is 5.91 Å². The van der Waals surface area contributed by atoms with Crippen LogP contribution in [0.1, 0.15) is 106 Å². The van der Waals surface area contributed by atoms with Crippen LogP contribution in [0.5, 0.6) is 0 Å². The average Bonchev–Trinajstić information content (AvgIpc) is 3.76. The van der Waals surface area contributed by atoms with E-state index in [-0.39, 0.29) is 26.1 Å². The third-order valence-corrected chi connectivity index (χ3v) is 14.5. The van der Waals surface area contributed by atoms with Gasteiger partial charge in [-0.1, -0.05) is 92.9 Å². The third kappa shape index (κ3) is 12.2. The van der Waals surface area contributed by atoms with Gasteiger partial charge in [0, 0.05) is 26.9 Å². The molecule has 7 N–H and O–H groups in total. The summed E-state index contributed by atoms with van der Waals surface area (Å²) in [6.45, 7) is 14.7. The molecule has 1 aliphatic carbocycles. The predicted molar refractivity (Wildman–Crippen MR) is 247 cm³/mol. The standard InChI is InChI=1S/C47H69N6O12P/c1-29(2)35(38(56)57)51-41(60)47(49-11,30(3)4)39(58)45(25-19-20-26-45)66(62)44(10,63-12)52-36(54)32(6)53(42(61)65-43(7,8)9)37(55)31(5)50-40(59)46(48,34-23-17-14-18-24-34)28-64-27-33-21-15-13-16-22-33/h13-18,21-24,29-32,35,49H,19-20,25-28,48H2,1-12H3,(H3-,50,51,52,54,56,57,59,60)/p+1/t31-,32-,35-,44?,46+,47+/m0/s1. The van der Waals surface area contributed by atoms with E-state index in [2.05, 4.69) is 21.3 Å². The van der Waals surface area contributed by atoms with Gasteiger partial charge in [-0.3, -0.25) is 34.6 Å². The molecule has 1 saturated carbocycles. The molecule has 19 heteroatoms. The quantitative estimate of drug-likeness (QED) is 0.0532. The molecule has 1 aliphatic rings. The van der Waals surface area contributed by atoms with Crippen molar-refractivity contribution in [2.45, 2.75) is 147 Å². The summed E-state index contributed by atoms with van der Waals surface area (Å²) in [5.74, 6) is -7.25. The van der Waals surface area contributed by atoms with Crippen molar-refractivity contribution in [3.63, 3.8) is 0 Å². The van der Waals surface area contributed by atoms with E-state index in [1.54, 1.807) is 78.8 Å². The summed E-state index contributed by atoms with van der Waals surface area (Å²) in [5.41, 5.74) is 0.791. The van der Waals surface area contributed by atoms with Crippen LogP contribution in [0.2, 0.25) is 0 Å². The van der Waals surface area contributed by atoms with Crippen LogP contribution in [-0.4, -0.2) is 112 Å². The highest BCUT2D eigenvalue weighted by Crippen LogP contribution is 2.59. The lowest BCUT2D eigenvalue weighted by Crippen LogP contribution is -2.70.